The van der Waals surface area contributed by atoms with Crippen LogP contribution in [0.4, 0.5) is 0 Å². The summed E-state index contributed by atoms with van der Waals surface area (Å²) in [6.07, 6.45) is 1.59. The molecule has 0 fully saturated rings. The van der Waals surface area contributed by atoms with E-state index in [1.807, 2.05) is 0 Å². The standard InChI is InChI=1S/C14H21NO3/c1-9-13(17)12(10(2)16)11(6-15-9)7-18-8-14(3,4)5/h6,17H,7-8H2,1-5H3. The van der Waals surface area contributed by atoms with E-state index in [0.717, 1.165) is 0 Å². The normalized spacial score (nSPS) is 11.6. The predicted molar refractivity (Wildman–Crippen MR) is 69.8 cm³/mol. The van der Waals surface area contributed by atoms with Gasteiger partial charge in [0.05, 0.1) is 24.5 Å². The lowest BCUT2D eigenvalue weighted by Crippen LogP contribution is -2.15. The van der Waals surface area contributed by atoms with E-state index in [1.54, 1.807) is 13.1 Å². The molecular formula is C14H21NO3. The van der Waals surface area contributed by atoms with Crippen LogP contribution in [0.5, 0.6) is 5.75 Å². The summed E-state index contributed by atoms with van der Waals surface area (Å²) in [5, 5.41) is 9.87. The topological polar surface area (TPSA) is 59.4 Å². The summed E-state index contributed by atoms with van der Waals surface area (Å²) in [6, 6.07) is 0. The third-order valence-electron chi connectivity index (χ3n) is 2.46. The summed E-state index contributed by atoms with van der Waals surface area (Å²) in [5.74, 6) is -0.216. The van der Waals surface area contributed by atoms with E-state index in [-0.39, 0.29) is 23.6 Å². The van der Waals surface area contributed by atoms with E-state index >= 15 is 0 Å². The van der Waals surface area contributed by atoms with Crippen molar-refractivity contribution in [2.24, 2.45) is 5.41 Å². The Kier molecular flexibility index (Phi) is 4.46. The van der Waals surface area contributed by atoms with Gasteiger partial charge in [0.2, 0.25) is 0 Å². The van der Waals surface area contributed by atoms with Crippen molar-refractivity contribution in [1.82, 2.24) is 4.98 Å². The molecule has 0 spiro atoms. The minimum Gasteiger partial charge on any atom is -0.505 e. The molecule has 100 valence electrons. The van der Waals surface area contributed by atoms with Crippen molar-refractivity contribution in [3.8, 4) is 5.75 Å². The van der Waals surface area contributed by atoms with E-state index in [2.05, 4.69) is 25.8 Å². The second kappa shape index (κ2) is 5.48. The Bertz CT molecular complexity index is 447. The lowest BCUT2D eigenvalue weighted by molar-refractivity contribution is 0.0590. The Labute approximate surface area is 108 Å². The number of ketones is 1. The average molecular weight is 251 g/mol. The van der Waals surface area contributed by atoms with Crippen LogP contribution in [0.25, 0.3) is 0 Å². The van der Waals surface area contributed by atoms with Crippen molar-refractivity contribution in [3.63, 3.8) is 0 Å². The van der Waals surface area contributed by atoms with Gasteiger partial charge in [-0.15, -0.1) is 0 Å². The van der Waals surface area contributed by atoms with Crippen molar-refractivity contribution >= 4 is 5.78 Å². The van der Waals surface area contributed by atoms with Crippen molar-refractivity contribution < 1.29 is 14.6 Å². The highest BCUT2D eigenvalue weighted by Gasteiger charge is 2.17. The quantitative estimate of drug-likeness (QED) is 0.836. The summed E-state index contributed by atoms with van der Waals surface area (Å²) in [5.41, 5.74) is 1.47. The fraction of sp³-hybridized carbons (Fsp3) is 0.571. The highest BCUT2D eigenvalue weighted by Crippen LogP contribution is 2.25. The Morgan fingerprint density at radius 2 is 2.06 bits per heavy atom. The van der Waals surface area contributed by atoms with Crippen LogP contribution in [-0.4, -0.2) is 22.5 Å². The number of hydrogen-bond donors (Lipinski definition) is 1. The lowest BCUT2D eigenvalue weighted by Gasteiger charge is -2.18. The summed E-state index contributed by atoms with van der Waals surface area (Å²) < 4.78 is 5.57. The summed E-state index contributed by atoms with van der Waals surface area (Å²) >= 11 is 0. The highest BCUT2D eigenvalue weighted by molar-refractivity contribution is 5.98. The van der Waals surface area contributed by atoms with Crippen LogP contribution < -0.4 is 0 Å². The molecule has 0 atom stereocenters. The monoisotopic (exact) mass is 251 g/mol. The van der Waals surface area contributed by atoms with Crippen molar-refractivity contribution in [3.05, 3.63) is 23.0 Å². The Balaban J connectivity index is 2.89. The number of rotatable bonds is 4. The lowest BCUT2D eigenvalue weighted by atomic mass is 9.98. The molecule has 4 heteroatoms. The van der Waals surface area contributed by atoms with Gasteiger partial charge < -0.3 is 9.84 Å². The van der Waals surface area contributed by atoms with Crippen molar-refractivity contribution in [2.75, 3.05) is 6.61 Å². The summed E-state index contributed by atoms with van der Waals surface area (Å²) in [7, 11) is 0. The zero-order valence-electron chi connectivity index (χ0n) is 11.7. The van der Waals surface area contributed by atoms with Gasteiger partial charge >= 0.3 is 0 Å². The third-order valence-corrected chi connectivity index (χ3v) is 2.46. The smallest absolute Gasteiger partial charge is 0.164 e. The van der Waals surface area contributed by atoms with E-state index < -0.39 is 0 Å². The van der Waals surface area contributed by atoms with Crippen molar-refractivity contribution in [1.29, 1.82) is 0 Å². The van der Waals surface area contributed by atoms with Gasteiger partial charge in [0, 0.05) is 11.8 Å². The SMILES string of the molecule is CC(=O)c1c(COCC(C)(C)C)cnc(C)c1O. The minimum atomic E-state index is -0.174. The van der Waals surface area contributed by atoms with Gasteiger partial charge in [-0.1, -0.05) is 20.8 Å². The number of Topliss-reactive ketones (excluding diaryl/α,β-unsaturated/α-hetero) is 1. The molecular weight excluding hydrogens is 230 g/mol. The molecule has 0 aliphatic carbocycles. The first-order valence-electron chi connectivity index (χ1n) is 5.98. The molecule has 1 aromatic heterocycles. The van der Waals surface area contributed by atoms with E-state index in [1.165, 1.54) is 6.92 Å². The molecule has 1 heterocycles. The number of nitrogens with zero attached hydrogens (tertiary/aromatic N) is 1. The van der Waals surface area contributed by atoms with Gasteiger partial charge in [0.15, 0.2) is 5.78 Å². The van der Waals surface area contributed by atoms with Gasteiger partial charge in [-0.25, -0.2) is 0 Å². The van der Waals surface area contributed by atoms with Crippen LogP contribution in [0.2, 0.25) is 0 Å². The number of aromatic nitrogens is 1. The molecule has 0 amide bonds. The molecule has 4 nitrogen and oxygen atoms in total. The maximum absolute atomic E-state index is 11.6. The second-order valence-electron chi connectivity index (χ2n) is 5.70. The summed E-state index contributed by atoms with van der Waals surface area (Å²) in [4.78, 5) is 15.6. The van der Waals surface area contributed by atoms with Crippen LogP contribution in [0, 0.1) is 12.3 Å². The molecule has 0 unspecified atom stereocenters. The summed E-state index contributed by atoms with van der Waals surface area (Å²) in [6.45, 7) is 10.2. The van der Waals surface area contributed by atoms with E-state index in [0.29, 0.717) is 23.4 Å². The first-order chi connectivity index (χ1) is 8.22. The van der Waals surface area contributed by atoms with Crippen LogP contribution in [0.1, 0.15) is 49.3 Å². The highest BCUT2D eigenvalue weighted by atomic mass is 16.5. The average Bonchev–Trinajstić information content (AvgIpc) is 2.21. The molecule has 0 radical (unpaired) electrons. The minimum absolute atomic E-state index is 0.0423. The van der Waals surface area contributed by atoms with Gasteiger partial charge in [-0.3, -0.25) is 9.78 Å². The Hall–Kier alpha value is -1.42. The number of carbonyl (C=O) groups excluding carboxylic acids is 1. The first-order valence-corrected chi connectivity index (χ1v) is 5.98. The zero-order chi connectivity index (χ0) is 13.9. The number of pyridine rings is 1. The number of carbonyl (C=O) groups is 1. The predicted octanol–water partition coefficient (Wildman–Crippen LogP) is 2.86. The Morgan fingerprint density at radius 1 is 1.44 bits per heavy atom. The molecule has 18 heavy (non-hydrogen) atoms. The third kappa shape index (κ3) is 3.81. The molecule has 1 rings (SSSR count). The second-order valence-corrected chi connectivity index (χ2v) is 5.70. The molecule has 0 aliphatic rings. The molecule has 1 aromatic rings. The zero-order valence-corrected chi connectivity index (χ0v) is 11.7. The number of aromatic hydroxyl groups is 1. The molecule has 0 saturated heterocycles. The first kappa shape index (κ1) is 14.6. The molecule has 1 N–H and O–H groups in total. The number of hydrogen-bond acceptors (Lipinski definition) is 4. The van der Waals surface area contributed by atoms with Gasteiger partial charge in [0.25, 0.3) is 0 Å². The van der Waals surface area contributed by atoms with Gasteiger partial charge in [-0.2, -0.15) is 0 Å². The molecule has 0 aromatic carbocycles. The van der Waals surface area contributed by atoms with Crippen LogP contribution in [-0.2, 0) is 11.3 Å². The number of ether oxygens (including phenoxy) is 1. The van der Waals surface area contributed by atoms with E-state index in [9.17, 15) is 9.90 Å². The fourth-order valence-corrected chi connectivity index (χ4v) is 1.60. The number of aryl methyl sites for hydroxylation is 1. The Morgan fingerprint density at radius 3 is 2.56 bits per heavy atom. The molecule has 0 aliphatic heterocycles. The van der Waals surface area contributed by atoms with E-state index in [4.69, 9.17) is 4.74 Å². The maximum Gasteiger partial charge on any atom is 0.164 e. The van der Waals surface area contributed by atoms with Crippen LogP contribution in [0.3, 0.4) is 0 Å². The van der Waals surface area contributed by atoms with Crippen molar-refractivity contribution in [2.45, 2.75) is 41.2 Å². The molecule has 0 bridgehead atoms. The molecule has 0 saturated carbocycles. The maximum atomic E-state index is 11.6. The largest absolute Gasteiger partial charge is 0.505 e. The van der Waals surface area contributed by atoms with Crippen LogP contribution in [0.15, 0.2) is 6.20 Å². The van der Waals surface area contributed by atoms with Gasteiger partial charge in [-0.05, 0) is 19.3 Å². The van der Waals surface area contributed by atoms with Crippen LogP contribution >= 0.6 is 0 Å². The van der Waals surface area contributed by atoms with Gasteiger partial charge in [0.1, 0.15) is 5.75 Å². The fourth-order valence-electron chi connectivity index (χ4n) is 1.60.